The number of hydrogen-bond donors (Lipinski definition) is 0. The highest BCUT2D eigenvalue weighted by atomic mass is 16.2. The number of rotatable bonds is 8. The zero-order chi connectivity index (χ0) is 24.0. The number of fused-ring (bicyclic) bond motifs is 1. The van der Waals surface area contributed by atoms with Gasteiger partial charge in [0.15, 0.2) is 0 Å². The lowest BCUT2D eigenvalue weighted by Crippen LogP contribution is -2.44. The third-order valence-electron chi connectivity index (χ3n) is 7.31. The van der Waals surface area contributed by atoms with E-state index in [1.807, 2.05) is 41.3 Å². The summed E-state index contributed by atoms with van der Waals surface area (Å²) in [6.07, 6.45) is 6.96. The Hall–Kier alpha value is -3.24. The van der Waals surface area contributed by atoms with E-state index in [4.69, 9.17) is 4.99 Å². The molecule has 2 aliphatic heterocycles. The van der Waals surface area contributed by atoms with Gasteiger partial charge in [0.25, 0.3) is 5.91 Å². The average molecular weight is 466 g/mol. The van der Waals surface area contributed by atoms with Crippen LogP contribution in [0, 0.1) is 5.92 Å². The molecule has 0 unspecified atom stereocenters. The lowest BCUT2D eigenvalue weighted by molar-refractivity contribution is -0.112. The zero-order valence-electron chi connectivity index (χ0n) is 20.7. The monoisotopic (exact) mass is 465 g/mol. The molecule has 0 atom stereocenters. The van der Waals surface area contributed by atoms with Crippen molar-refractivity contribution in [3.05, 3.63) is 95.6 Å². The third-order valence-corrected chi connectivity index (χ3v) is 7.31. The number of aryl methyl sites for hydroxylation is 1. The van der Waals surface area contributed by atoms with Crippen molar-refractivity contribution in [3.63, 3.8) is 0 Å². The van der Waals surface area contributed by atoms with Gasteiger partial charge >= 0.3 is 0 Å². The fourth-order valence-electron chi connectivity index (χ4n) is 5.24. The van der Waals surface area contributed by atoms with Crippen LogP contribution in [0.1, 0.15) is 49.3 Å². The van der Waals surface area contributed by atoms with Crippen LogP contribution >= 0.6 is 0 Å². The minimum Gasteiger partial charge on any atom is -0.293 e. The molecule has 2 aliphatic rings. The lowest BCUT2D eigenvalue weighted by Gasteiger charge is -2.34. The number of amides is 1. The van der Waals surface area contributed by atoms with Gasteiger partial charge in [0, 0.05) is 18.7 Å². The molecule has 3 aromatic rings. The van der Waals surface area contributed by atoms with Gasteiger partial charge in [-0.25, -0.2) is 4.99 Å². The van der Waals surface area contributed by atoms with Crippen LogP contribution in [0.3, 0.4) is 0 Å². The number of para-hydroxylation sites is 1. The first-order valence-electron chi connectivity index (χ1n) is 13.1. The number of anilines is 1. The fraction of sp³-hybridized carbons (Fsp3) is 0.355. The van der Waals surface area contributed by atoms with Crippen LogP contribution in [0.25, 0.3) is 0 Å². The Labute approximate surface area is 209 Å². The van der Waals surface area contributed by atoms with Crippen molar-refractivity contribution in [3.8, 4) is 0 Å². The quantitative estimate of drug-likeness (QED) is 0.385. The van der Waals surface area contributed by atoms with E-state index in [9.17, 15) is 4.79 Å². The second-order valence-electron chi connectivity index (χ2n) is 9.87. The van der Waals surface area contributed by atoms with Gasteiger partial charge in [0.1, 0.15) is 5.71 Å². The van der Waals surface area contributed by atoms with Crippen LogP contribution in [0.15, 0.2) is 83.9 Å². The second-order valence-corrected chi connectivity index (χ2v) is 9.87. The van der Waals surface area contributed by atoms with E-state index < -0.39 is 0 Å². The molecule has 35 heavy (non-hydrogen) atoms. The molecule has 180 valence electrons. The average Bonchev–Trinajstić information content (AvgIpc) is 3.16. The highest BCUT2D eigenvalue weighted by molar-refractivity contribution is 6.54. The van der Waals surface area contributed by atoms with Crippen LogP contribution in [-0.2, 0) is 17.6 Å². The van der Waals surface area contributed by atoms with Gasteiger partial charge in [0.2, 0.25) is 0 Å². The van der Waals surface area contributed by atoms with E-state index in [-0.39, 0.29) is 5.91 Å². The molecule has 0 aromatic heterocycles. The standard InChI is InChI=1S/C31H35N3O/c1-2-3-9-24-14-16-27(17-15-24)32-30-28-12-7-8-13-29(28)34(31(30)35)23-33-20-18-26(19-21-33)22-25-10-5-4-6-11-25/h4-8,10-17,26H,2-3,9,18-23H2,1H3. The number of likely N-dealkylation sites (tertiary alicyclic amines) is 1. The maximum Gasteiger partial charge on any atom is 0.278 e. The SMILES string of the molecule is CCCCc1ccc(N=C2C(=O)N(CN3CCC(Cc4ccccc4)CC3)c3ccccc32)cc1. The first-order chi connectivity index (χ1) is 17.2. The van der Waals surface area contributed by atoms with Gasteiger partial charge in [-0.3, -0.25) is 14.6 Å². The normalized spacial score (nSPS) is 17.8. The maximum atomic E-state index is 13.5. The predicted octanol–water partition coefficient (Wildman–Crippen LogP) is 6.41. The second kappa shape index (κ2) is 11.0. The first-order valence-corrected chi connectivity index (χ1v) is 13.1. The molecule has 0 spiro atoms. The number of unbranched alkanes of at least 4 members (excludes halogenated alkanes) is 1. The number of hydrogen-bond acceptors (Lipinski definition) is 3. The topological polar surface area (TPSA) is 35.9 Å². The minimum atomic E-state index is 0.00710. The Morgan fingerprint density at radius 1 is 0.857 bits per heavy atom. The number of carbonyl (C=O) groups is 1. The summed E-state index contributed by atoms with van der Waals surface area (Å²) in [6, 6.07) is 27.2. The van der Waals surface area contributed by atoms with Crippen LogP contribution in [-0.4, -0.2) is 36.3 Å². The molecule has 0 aliphatic carbocycles. The van der Waals surface area contributed by atoms with E-state index in [0.29, 0.717) is 18.3 Å². The summed E-state index contributed by atoms with van der Waals surface area (Å²) in [4.78, 5) is 22.7. The summed E-state index contributed by atoms with van der Waals surface area (Å²) < 4.78 is 0. The van der Waals surface area contributed by atoms with Crippen molar-refractivity contribution >= 4 is 23.0 Å². The van der Waals surface area contributed by atoms with Crippen molar-refractivity contribution in [1.29, 1.82) is 0 Å². The summed E-state index contributed by atoms with van der Waals surface area (Å²) in [6.45, 7) is 4.88. The van der Waals surface area contributed by atoms with Crippen molar-refractivity contribution in [1.82, 2.24) is 4.90 Å². The predicted molar refractivity (Wildman–Crippen MR) is 144 cm³/mol. The number of piperidine rings is 1. The Bertz CT molecular complexity index is 1160. The molecule has 2 heterocycles. The number of nitrogens with zero attached hydrogens (tertiary/aromatic N) is 3. The van der Waals surface area contributed by atoms with E-state index in [1.165, 1.54) is 36.8 Å². The molecule has 5 rings (SSSR count). The van der Waals surface area contributed by atoms with Crippen LogP contribution < -0.4 is 4.90 Å². The van der Waals surface area contributed by atoms with Gasteiger partial charge in [-0.2, -0.15) is 0 Å². The molecule has 1 saturated heterocycles. The van der Waals surface area contributed by atoms with E-state index >= 15 is 0 Å². The highest BCUT2D eigenvalue weighted by Crippen LogP contribution is 2.32. The number of benzene rings is 3. The number of carbonyl (C=O) groups excluding carboxylic acids is 1. The molecule has 0 radical (unpaired) electrons. The molecule has 0 bridgehead atoms. The lowest BCUT2D eigenvalue weighted by atomic mass is 9.90. The Kier molecular flexibility index (Phi) is 7.39. The highest BCUT2D eigenvalue weighted by Gasteiger charge is 2.35. The summed E-state index contributed by atoms with van der Waals surface area (Å²) >= 11 is 0. The maximum absolute atomic E-state index is 13.5. The molecule has 0 saturated carbocycles. The first kappa shape index (κ1) is 23.5. The molecular formula is C31H35N3O. The Morgan fingerprint density at radius 2 is 1.57 bits per heavy atom. The fourth-order valence-corrected chi connectivity index (χ4v) is 5.24. The van der Waals surface area contributed by atoms with Crippen LogP contribution in [0.4, 0.5) is 11.4 Å². The van der Waals surface area contributed by atoms with Gasteiger partial charge in [-0.15, -0.1) is 0 Å². The van der Waals surface area contributed by atoms with Crippen LogP contribution in [0.5, 0.6) is 0 Å². The van der Waals surface area contributed by atoms with Gasteiger partial charge in [0.05, 0.1) is 18.0 Å². The largest absolute Gasteiger partial charge is 0.293 e. The van der Waals surface area contributed by atoms with Gasteiger partial charge in [-0.05, 0) is 67.3 Å². The smallest absolute Gasteiger partial charge is 0.278 e. The van der Waals surface area contributed by atoms with Crippen molar-refractivity contribution in [2.75, 3.05) is 24.7 Å². The molecule has 3 aromatic carbocycles. The summed E-state index contributed by atoms with van der Waals surface area (Å²) in [5, 5.41) is 0. The minimum absolute atomic E-state index is 0.00710. The Balaban J connectivity index is 1.26. The molecule has 1 amide bonds. The molecule has 0 N–H and O–H groups in total. The molecule has 1 fully saturated rings. The molecule has 4 nitrogen and oxygen atoms in total. The summed E-state index contributed by atoms with van der Waals surface area (Å²) in [5.74, 6) is 0.723. The van der Waals surface area contributed by atoms with Crippen molar-refractivity contribution in [2.45, 2.75) is 45.4 Å². The summed E-state index contributed by atoms with van der Waals surface area (Å²) in [7, 11) is 0. The summed E-state index contributed by atoms with van der Waals surface area (Å²) in [5.41, 5.74) is 6.06. The Morgan fingerprint density at radius 3 is 2.31 bits per heavy atom. The van der Waals surface area contributed by atoms with E-state index in [2.05, 4.69) is 54.3 Å². The van der Waals surface area contributed by atoms with E-state index in [1.54, 1.807) is 0 Å². The van der Waals surface area contributed by atoms with Crippen molar-refractivity contribution < 1.29 is 4.79 Å². The third kappa shape index (κ3) is 5.54. The van der Waals surface area contributed by atoms with E-state index in [0.717, 1.165) is 42.9 Å². The molecular weight excluding hydrogens is 430 g/mol. The van der Waals surface area contributed by atoms with Crippen molar-refractivity contribution in [2.24, 2.45) is 10.9 Å². The van der Waals surface area contributed by atoms with Crippen LogP contribution in [0.2, 0.25) is 0 Å². The molecule has 4 heteroatoms. The number of aliphatic imine (C=N–C) groups is 1. The van der Waals surface area contributed by atoms with Gasteiger partial charge in [-0.1, -0.05) is 74.0 Å². The van der Waals surface area contributed by atoms with Gasteiger partial charge < -0.3 is 0 Å². The zero-order valence-corrected chi connectivity index (χ0v) is 20.7.